The van der Waals surface area contributed by atoms with Crippen molar-refractivity contribution in [2.24, 2.45) is 11.1 Å². The van der Waals surface area contributed by atoms with Crippen LogP contribution in [-0.4, -0.2) is 35.6 Å². The maximum Gasteiger partial charge on any atom is 0.416 e. The summed E-state index contributed by atoms with van der Waals surface area (Å²) in [7, 11) is 0. The molecule has 0 unspecified atom stereocenters. The van der Waals surface area contributed by atoms with Crippen molar-refractivity contribution >= 4 is 5.91 Å². The first-order valence-corrected chi connectivity index (χ1v) is 9.42. The van der Waals surface area contributed by atoms with Crippen LogP contribution in [0.25, 0.3) is 0 Å². The lowest BCUT2D eigenvalue weighted by atomic mass is 9.73. The third kappa shape index (κ3) is 4.00. The Labute approximate surface area is 161 Å². The molecule has 2 fully saturated rings. The predicted molar refractivity (Wildman–Crippen MR) is 94.7 cm³/mol. The number of carbonyl (C=O) groups is 1. The van der Waals surface area contributed by atoms with Crippen molar-refractivity contribution in [1.29, 1.82) is 5.26 Å². The molecule has 2 N–H and O–H groups in total. The number of nitrogens with zero attached hydrogens (tertiary/aromatic N) is 2. The monoisotopic (exact) mass is 397 g/mol. The number of likely N-dealkylation sites (tertiary alicyclic amines) is 1. The van der Waals surface area contributed by atoms with Crippen LogP contribution in [0.5, 0.6) is 0 Å². The number of nitriles is 1. The van der Waals surface area contributed by atoms with Crippen LogP contribution in [0.2, 0.25) is 0 Å². The molecule has 0 bridgehead atoms. The molecule has 1 aromatic carbocycles. The summed E-state index contributed by atoms with van der Waals surface area (Å²) < 4.78 is 52.1. The minimum atomic E-state index is -4.40. The number of nitrogens with two attached hydrogens (primary N) is 1. The largest absolute Gasteiger partial charge is 0.416 e. The van der Waals surface area contributed by atoms with E-state index in [1.54, 1.807) is 0 Å². The van der Waals surface area contributed by atoms with Gasteiger partial charge in [-0.2, -0.15) is 18.4 Å². The first-order chi connectivity index (χ1) is 13.2. The Balaban J connectivity index is 1.80. The maximum atomic E-state index is 13.7. The molecule has 4 nitrogen and oxygen atoms in total. The van der Waals surface area contributed by atoms with Crippen molar-refractivity contribution in [3.63, 3.8) is 0 Å². The van der Waals surface area contributed by atoms with Crippen LogP contribution in [0.4, 0.5) is 17.6 Å². The van der Waals surface area contributed by atoms with Gasteiger partial charge in [-0.15, -0.1) is 0 Å². The van der Waals surface area contributed by atoms with E-state index < -0.39 is 41.3 Å². The van der Waals surface area contributed by atoms with Crippen molar-refractivity contribution in [3.8, 4) is 6.07 Å². The lowest BCUT2D eigenvalue weighted by Crippen LogP contribution is -2.54. The molecule has 152 valence electrons. The van der Waals surface area contributed by atoms with Crippen LogP contribution < -0.4 is 5.73 Å². The Bertz CT molecular complexity index is 750. The van der Waals surface area contributed by atoms with E-state index in [9.17, 15) is 27.6 Å². The normalized spacial score (nSPS) is 25.5. The molecular weight excluding hydrogens is 374 g/mol. The van der Waals surface area contributed by atoms with Gasteiger partial charge in [0.15, 0.2) is 0 Å². The van der Waals surface area contributed by atoms with E-state index in [2.05, 4.69) is 0 Å². The second-order valence-corrected chi connectivity index (χ2v) is 7.89. The van der Waals surface area contributed by atoms with Crippen molar-refractivity contribution < 1.29 is 22.4 Å². The van der Waals surface area contributed by atoms with Gasteiger partial charge in [-0.05, 0) is 42.4 Å². The number of amides is 1. The fraction of sp³-hybridized carbons (Fsp3) is 0.600. The van der Waals surface area contributed by atoms with Crippen LogP contribution in [0.1, 0.15) is 43.2 Å². The van der Waals surface area contributed by atoms with Crippen molar-refractivity contribution in [3.05, 3.63) is 35.4 Å². The van der Waals surface area contributed by atoms with Gasteiger partial charge in [-0.1, -0.05) is 25.0 Å². The van der Waals surface area contributed by atoms with Gasteiger partial charge >= 0.3 is 6.18 Å². The van der Waals surface area contributed by atoms with Crippen molar-refractivity contribution in [2.45, 2.75) is 63.0 Å². The SMILES string of the molecule is N#C[C@@H]1C[C@H](F)CN1C(=O)[C@@H](N)C1(Cc2ccc(C(F)(F)F)cc2)CCCC1. The van der Waals surface area contributed by atoms with E-state index in [1.807, 2.05) is 6.07 Å². The van der Waals surface area contributed by atoms with E-state index >= 15 is 0 Å². The van der Waals surface area contributed by atoms with Crippen LogP contribution in [-0.2, 0) is 17.4 Å². The molecule has 0 spiro atoms. The third-order valence-corrected chi connectivity index (χ3v) is 6.04. The zero-order valence-corrected chi connectivity index (χ0v) is 15.4. The van der Waals surface area contributed by atoms with Crippen LogP contribution in [0.3, 0.4) is 0 Å². The predicted octanol–water partition coefficient (Wildman–Crippen LogP) is 3.60. The minimum absolute atomic E-state index is 0.0130. The molecule has 0 radical (unpaired) electrons. The number of halogens is 4. The van der Waals surface area contributed by atoms with Gasteiger partial charge in [-0.3, -0.25) is 4.79 Å². The number of benzene rings is 1. The van der Waals surface area contributed by atoms with Gasteiger partial charge < -0.3 is 10.6 Å². The Morgan fingerprint density at radius 3 is 2.43 bits per heavy atom. The first kappa shape index (κ1) is 20.6. The summed E-state index contributed by atoms with van der Waals surface area (Å²) in [5.41, 5.74) is 5.71. The summed E-state index contributed by atoms with van der Waals surface area (Å²) in [5, 5.41) is 9.20. The number of carbonyl (C=O) groups excluding carboxylic acids is 1. The van der Waals surface area contributed by atoms with E-state index in [0.717, 1.165) is 25.0 Å². The van der Waals surface area contributed by atoms with Gasteiger partial charge in [0.2, 0.25) is 5.91 Å². The Hall–Kier alpha value is -2.14. The summed E-state index contributed by atoms with van der Waals surface area (Å²) in [4.78, 5) is 14.2. The summed E-state index contributed by atoms with van der Waals surface area (Å²) in [6.07, 6.45) is -2.19. The highest BCUT2D eigenvalue weighted by atomic mass is 19.4. The second kappa shape index (κ2) is 7.70. The molecular formula is C20H23F4N3O. The fourth-order valence-corrected chi connectivity index (χ4v) is 4.49. The number of alkyl halides is 4. The van der Waals surface area contributed by atoms with E-state index in [-0.39, 0.29) is 13.0 Å². The smallest absolute Gasteiger partial charge is 0.322 e. The molecule has 1 aromatic rings. The van der Waals surface area contributed by atoms with E-state index in [0.29, 0.717) is 24.8 Å². The second-order valence-electron chi connectivity index (χ2n) is 7.89. The standard InChI is InChI=1S/C20H23F4N3O/c21-15-9-16(11-25)27(12-15)18(28)17(26)19(7-1-2-8-19)10-13-3-5-14(6-4-13)20(22,23)24/h3-6,15-17H,1-2,7-10,12,26H2/t15-,16-,17+/m0/s1. The molecule has 3 rings (SSSR count). The maximum absolute atomic E-state index is 13.7. The molecule has 1 heterocycles. The zero-order chi connectivity index (χ0) is 20.5. The van der Waals surface area contributed by atoms with Crippen LogP contribution >= 0.6 is 0 Å². The first-order valence-electron chi connectivity index (χ1n) is 9.42. The number of hydrogen-bond acceptors (Lipinski definition) is 3. The highest BCUT2D eigenvalue weighted by molar-refractivity contribution is 5.83. The van der Waals surface area contributed by atoms with Gasteiger partial charge in [0, 0.05) is 6.42 Å². The van der Waals surface area contributed by atoms with Gasteiger partial charge in [-0.25, -0.2) is 4.39 Å². The molecule has 1 aliphatic carbocycles. The summed E-state index contributed by atoms with van der Waals surface area (Å²) in [5.74, 6) is -0.444. The fourth-order valence-electron chi connectivity index (χ4n) is 4.49. The summed E-state index contributed by atoms with van der Waals surface area (Å²) in [6.45, 7) is -0.138. The molecule has 1 saturated heterocycles. The average molecular weight is 397 g/mol. The van der Waals surface area contributed by atoms with E-state index in [4.69, 9.17) is 5.73 Å². The molecule has 2 aliphatic rings. The van der Waals surface area contributed by atoms with Gasteiger partial charge in [0.25, 0.3) is 0 Å². The Morgan fingerprint density at radius 2 is 1.89 bits per heavy atom. The number of rotatable bonds is 4. The molecule has 8 heteroatoms. The summed E-state index contributed by atoms with van der Waals surface area (Å²) in [6, 6.07) is 5.13. The highest BCUT2D eigenvalue weighted by Crippen LogP contribution is 2.44. The zero-order valence-electron chi connectivity index (χ0n) is 15.4. The van der Waals surface area contributed by atoms with Crippen LogP contribution in [0.15, 0.2) is 24.3 Å². The quantitative estimate of drug-likeness (QED) is 0.790. The number of hydrogen-bond donors (Lipinski definition) is 1. The Kier molecular flexibility index (Phi) is 5.67. The van der Waals surface area contributed by atoms with E-state index in [1.165, 1.54) is 17.0 Å². The molecule has 1 amide bonds. The average Bonchev–Trinajstić information content (AvgIpc) is 3.27. The molecule has 0 aromatic heterocycles. The molecule has 28 heavy (non-hydrogen) atoms. The topological polar surface area (TPSA) is 70.1 Å². The molecule has 3 atom stereocenters. The molecule has 1 saturated carbocycles. The minimum Gasteiger partial charge on any atom is -0.322 e. The van der Waals surface area contributed by atoms with Gasteiger partial charge in [0.1, 0.15) is 12.2 Å². The highest BCUT2D eigenvalue weighted by Gasteiger charge is 2.47. The summed E-state index contributed by atoms with van der Waals surface area (Å²) >= 11 is 0. The van der Waals surface area contributed by atoms with Crippen LogP contribution in [0, 0.1) is 16.7 Å². The third-order valence-electron chi connectivity index (χ3n) is 6.04. The van der Waals surface area contributed by atoms with Crippen molar-refractivity contribution in [1.82, 2.24) is 4.90 Å². The van der Waals surface area contributed by atoms with Crippen molar-refractivity contribution in [2.75, 3.05) is 6.54 Å². The van der Waals surface area contributed by atoms with Gasteiger partial charge in [0.05, 0.1) is 24.2 Å². The lowest BCUT2D eigenvalue weighted by molar-refractivity contribution is -0.137. The Morgan fingerprint density at radius 1 is 1.29 bits per heavy atom. The lowest BCUT2D eigenvalue weighted by Gasteiger charge is -2.37. The molecule has 1 aliphatic heterocycles.